The molecule has 0 saturated carbocycles. The molecule has 2 heterocycles. The van der Waals surface area contributed by atoms with Crippen molar-refractivity contribution in [1.82, 2.24) is 0 Å². The van der Waals surface area contributed by atoms with Gasteiger partial charge in [-0.2, -0.15) is 0 Å². The highest BCUT2D eigenvalue weighted by molar-refractivity contribution is 7.65. The van der Waals surface area contributed by atoms with E-state index >= 15 is 0 Å². The Morgan fingerprint density at radius 1 is 0.420 bits per heavy atom. The van der Waals surface area contributed by atoms with Crippen LogP contribution in [0.5, 0.6) is 0 Å². The first-order chi connectivity index (χ1) is 24.1. The fourth-order valence-corrected chi connectivity index (χ4v) is 15.7. The quantitative estimate of drug-likeness (QED) is 0.130. The Labute approximate surface area is 303 Å². The van der Waals surface area contributed by atoms with Crippen molar-refractivity contribution < 1.29 is 18.9 Å². The molecule has 4 aromatic rings. The largest absolute Gasteiger partial charge is 0.370 e. The van der Waals surface area contributed by atoms with Gasteiger partial charge >= 0.3 is 0 Å². The van der Waals surface area contributed by atoms with Gasteiger partial charge in [0.15, 0.2) is 0 Å². The van der Waals surface area contributed by atoms with Crippen LogP contribution in [0.25, 0.3) is 0 Å². The van der Waals surface area contributed by atoms with Gasteiger partial charge in [-0.3, -0.25) is 0 Å². The van der Waals surface area contributed by atoms with Crippen molar-refractivity contribution in [3.8, 4) is 0 Å². The van der Waals surface area contributed by atoms with Crippen LogP contribution in [0.2, 0.25) is 0 Å². The number of ether oxygens (including phenoxy) is 4. The number of benzene rings is 4. The van der Waals surface area contributed by atoms with Gasteiger partial charge in [-0.15, -0.1) is 0 Å². The molecule has 4 nitrogen and oxygen atoms in total. The van der Waals surface area contributed by atoms with Crippen molar-refractivity contribution in [2.24, 2.45) is 0 Å². The van der Waals surface area contributed by atoms with Crippen LogP contribution in [-0.2, 0) is 45.4 Å². The smallest absolute Gasteiger partial charge is 0.0919 e. The maximum absolute atomic E-state index is 7.18. The minimum absolute atomic E-state index is 0.00475. The number of hydrogen-bond donors (Lipinski definition) is 0. The Morgan fingerprint density at radius 2 is 0.680 bits per heavy atom. The second-order valence-corrected chi connectivity index (χ2v) is 22.3. The predicted molar refractivity (Wildman–Crippen MR) is 211 cm³/mol. The van der Waals surface area contributed by atoms with Gasteiger partial charge in [0.25, 0.3) is 0 Å². The van der Waals surface area contributed by atoms with Crippen LogP contribution >= 0.6 is 15.8 Å². The molecule has 50 heavy (non-hydrogen) atoms. The zero-order valence-corrected chi connectivity index (χ0v) is 32.6. The summed E-state index contributed by atoms with van der Waals surface area (Å²) in [4.78, 5) is 0. The summed E-state index contributed by atoms with van der Waals surface area (Å²) in [5.41, 5.74) is 5.43. The van der Waals surface area contributed by atoms with E-state index in [0.29, 0.717) is 37.7 Å². The molecule has 0 unspecified atom stereocenters. The highest BCUT2D eigenvalue weighted by Gasteiger charge is 2.60. The van der Waals surface area contributed by atoms with E-state index in [0.717, 1.165) is 12.3 Å². The van der Waals surface area contributed by atoms with Crippen molar-refractivity contribution in [2.75, 3.05) is 12.3 Å². The molecule has 0 radical (unpaired) electrons. The summed E-state index contributed by atoms with van der Waals surface area (Å²) >= 11 is 0. The lowest BCUT2D eigenvalue weighted by Crippen LogP contribution is -2.47. The van der Waals surface area contributed by atoms with E-state index in [2.05, 4.69) is 163 Å². The van der Waals surface area contributed by atoms with Crippen LogP contribution in [0.4, 0.5) is 0 Å². The van der Waals surface area contributed by atoms with Gasteiger partial charge in [0.2, 0.25) is 0 Å². The zero-order valence-electron chi connectivity index (χ0n) is 30.8. The van der Waals surface area contributed by atoms with Crippen molar-refractivity contribution >= 4 is 15.8 Å². The lowest BCUT2D eigenvalue weighted by Gasteiger charge is -2.45. The SMILES string of the molecule is CC(C)(C)[P@]1C[C@@H](OCc2ccccc2)[C@H](OCc2ccccc2)[C@@H]1[C@H]1[C@@H](OCc2ccccc2)[C@H](OCc2ccccc2)C[P@@]1C(C)(C)C. The maximum Gasteiger partial charge on any atom is 0.0919 e. The summed E-state index contributed by atoms with van der Waals surface area (Å²) in [6.45, 7) is 17.0. The topological polar surface area (TPSA) is 36.9 Å². The molecule has 0 aromatic heterocycles. The van der Waals surface area contributed by atoms with Crippen LogP contribution < -0.4 is 0 Å². The van der Waals surface area contributed by atoms with Crippen LogP contribution in [0, 0.1) is 0 Å². The molecule has 0 amide bonds. The third-order valence-corrected chi connectivity index (χ3v) is 18.0. The molecule has 2 aliphatic heterocycles. The number of hydrogen-bond acceptors (Lipinski definition) is 4. The van der Waals surface area contributed by atoms with Crippen molar-refractivity contribution in [2.45, 2.75) is 114 Å². The van der Waals surface area contributed by atoms with Crippen LogP contribution in [0.3, 0.4) is 0 Å². The molecule has 266 valence electrons. The van der Waals surface area contributed by atoms with E-state index < -0.39 is 15.8 Å². The molecular weight excluding hydrogens is 654 g/mol. The van der Waals surface area contributed by atoms with Gasteiger partial charge in [-0.25, -0.2) is 0 Å². The molecule has 2 aliphatic rings. The average Bonchev–Trinajstić information content (AvgIpc) is 3.68. The first-order valence-corrected chi connectivity index (χ1v) is 21.4. The number of rotatable bonds is 13. The summed E-state index contributed by atoms with van der Waals surface area (Å²) in [6.07, 6.45) is 1.98. The van der Waals surface area contributed by atoms with E-state index in [-0.39, 0.29) is 34.7 Å². The molecule has 2 saturated heterocycles. The first-order valence-electron chi connectivity index (χ1n) is 18.2. The standard InChI is InChI=1S/C44H56O4P2/c1-43(2,3)49-31-37(45-27-33-19-11-7-12-20-33)39(47-29-35-23-15-9-16-24-35)41(49)42-40(48-30-36-25-17-10-18-26-36)38(32-50(42)44(4,5)6)46-28-34-21-13-8-14-22-34/h7-26,37-42H,27-32H2,1-6H3/t37-,38-,39+,40+,41-,42-,49-,50-/m1/s1. The summed E-state index contributed by atoms with van der Waals surface area (Å²) in [5.74, 6) is 0. The van der Waals surface area contributed by atoms with E-state index in [1.165, 1.54) is 22.3 Å². The second-order valence-electron chi connectivity index (χ2n) is 15.8. The van der Waals surface area contributed by atoms with Crippen molar-refractivity contribution in [3.63, 3.8) is 0 Å². The summed E-state index contributed by atoms with van der Waals surface area (Å²) in [5, 5.41) is 0.232. The summed E-state index contributed by atoms with van der Waals surface area (Å²) in [6, 6.07) is 42.5. The van der Waals surface area contributed by atoms with Crippen molar-refractivity contribution in [3.05, 3.63) is 144 Å². The van der Waals surface area contributed by atoms with Gasteiger partial charge < -0.3 is 18.9 Å². The predicted octanol–water partition coefficient (Wildman–Crippen LogP) is 10.7. The fraction of sp³-hybridized carbons (Fsp3) is 0.455. The lowest BCUT2D eigenvalue weighted by molar-refractivity contribution is -0.0901. The minimum Gasteiger partial charge on any atom is -0.370 e. The van der Waals surface area contributed by atoms with E-state index in [9.17, 15) is 0 Å². The summed E-state index contributed by atoms with van der Waals surface area (Å²) in [7, 11) is -1.01. The highest BCUT2D eigenvalue weighted by Crippen LogP contribution is 2.71. The Hall–Kier alpha value is -2.42. The third kappa shape index (κ3) is 9.51. The maximum atomic E-state index is 7.18. The second kappa shape index (κ2) is 16.9. The fourth-order valence-electron chi connectivity index (χ4n) is 7.63. The Kier molecular flexibility index (Phi) is 12.7. The molecule has 2 fully saturated rings. The van der Waals surface area contributed by atoms with E-state index in [1.54, 1.807) is 0 Å². The molecule has 0 aliphatic carbocycles. The molecule has 6 heteroatoms. The van der Waals surface area contributed by atoms with E-state index in [1.807, 2.05) is 0 Å². The van der Waals surface area contributed by atoms with Crippen LogP contribution in [0.15, 0.2) is 121 Å². The molecule has 0 bridgehead atoms. The molecule has 4 aromatic carbocycles. The molecule has 0 N–H and O–H groups in total. The van der Waals surface area contributed by atoms with E-state index in [4.69, 9.17) is 18.9 Å². The van der Waals surface area contributed by atoms with Gasteiger partial charge in [0, 0.05) is 11.3 Å². The van der Waals surface area contributed by atoms with Gasteiger partial charge in [0.1, 0.15) is 0 Å². The normalized spacial score (nSPS) is 27.1. The lowest BCUT2D eigenvalue weighted by atomic mass is 10.0. The van der Waals surface area contributed by atoms with Gasteiger partial charge in [0.05, 0.1) is 50.8 Å². The Bertz CT molecular complexity index is 1450. The Morgan fingerprint density at radius 3 is 0.940 bits per heavy atom. The minimum atomic E-state index is -0.507. The molecule has 0 spiro atoms. The highest BCUT2D eigenvalue weighted by atomic mass is 31.1. The Balaban J connectivity index is 1.39. The molecule has 6 rings (SSSR count). The van der Waals surface area contributed by atoms with Gasteiger partial charge in [-0.05, 0) is 44.9 Å². The summed E-state index contributed by atoms with van der Waals surface area (Å²) < 4.78 is 28.3. The van der Waals surface area contributed by atoms with Gasteiger partial charge in [-0.1, -0.05) is 179 Å². The zero-order chi connectivity index (χ0) is 35.1. The van der Waals surface area contributed by atoms with Crippen molar-refractivity contribution in [1.29, 1.82) is 0 Å². The third-order valence-electron chi connectivity index (χ3n) is 10.1. The van der Waals surface area contributed by atoms with Crippen LogP contribution in [0.1, 0.15) is 63.8 Å². The van der Waals surface area contributed by atoms with Crippen LogP contribution in [-0.4, -0.2) is 58.4 Å². The molecular formula is C44H56O4P2. The first kappa shape index (κ1) is 37.3. The molecule has 8 atom stereocenters. The average molecular weight is 711 g/mol. The monoisotopic (exact) mass is 710 g/mol.